The molecule has 1 rings (SSSR count). The summed E-state index contributed by atoms with van der Waals surface area (Å²) in [5.74, 6) is 0. The fourth-order valence-corrected chi connectivity index (χ4v) is 1.50. The molecule has 0 bridgehead atoms. The third-order valence-corrected chi connectivity index (χ3v) is 2.30. The Labute approximate surface area is 84.6 Å². The molecule has 0 saturated carbocycles. The van der Waals surface area contributed by atoms with Crippen molar-refractivity contribution in [2.75, 3.05) is 18.4 Å². The molecule has 0 fully saturated rings. The van der Waals surface area contributed by atoms with Crippen LogP contribution in [0, 0.1) is 6.92 Å². The summed E-state index contributed by atoms with van der Waals surface area (Å²) < 4.78 is 0. The van der Waals surface area contributed by atoms with Crippen molar-refractivity contribution < 1.29 is 10.2 Å². The summed E-state index contributed by atoms with van der Waals surface area (Å²) in [6.45, 7) is 3.77. The van der Waals surface area contributed by atoms with Crippen LogP contribution in [0.2, 0.25) is 0 Å². The number of nitrogens with zero attached hydrogens (tertiary/aromatic N) is 1. The Morgan fingerprint density at radius 2 is 1.86 bits per heavy atom. The third kappa shape index (κ3) is 2.25. The van der Waals surface area contributed by atoms with Gasteiger partial charge in [-0.25, -0.2) is 0 Å². The van der Waals surface area contributed by atoms with Crippen LogP contribution in [0.25, 0.3) is 0 Å². The van der Waals surface area contributed by atoms with Gasteiger partial charge >= 0.3 is 0 Å². The quantitative estimate of drug-likeness (QED) is 0.711. The van der Waals surface area contributed by atoms with Crippen LogP contribution in [0.5, 0.6) is 0 Å². The van der Waals surface area contributed by atoms with Gasteiger partial charge in [-0.1, -0.05) is 24.6 Å². The highest BCUT2D eigenvalue weighted by atomic mass is 16.3. The Hall–Kier alpha value is -1.06. The van der Waals surface area contributed by atoms with E-state index in [0.717, 1.165) is 17.7 Å². The van der Waals surface area contributed by atoms with Crippen molar-refractivity contribution in [1.29, 1.82) is 0 Å². The number of anilines is 1. The standard InChI is InChI=1S/C11H17NO2/c1-3-10-6-9(2)4-5-11(10)12(7-13)8-14/h4-6,13-14H,3,7-8H2,1-2H3. The van der Waals surface area contributed by atoms with Gasteiger partial charge in [-0.3, -0.25) is 0 Å². The maximum atomic E-state index is 9.03. The number of aliphatic hydroxyl groups is 2. The average molecular weight is 195 g/mol. The summed E-state index contributed by atoms with van der Waals surface area (Å²) in [5.41, 5.74) is 3.25. The predicted octanol–water partition coefficient (Wildman–Crippen LogP) is 1.26. The van der Waals surface area contributed by atoms with Crippen molar-refractivity contribution in [3.8, 4) is 0 Å². The van der Waals surface area contributed by atoms with Gasteiger partial charge < -0.3 is 15.1 Å². The van der Waals surface area contributed by atoms with Crippen molar-refractivity contribution in [1.82, 2.24) is 0 Å². The zero-order chi connectivity index (χ0) is 10.6. The smallest absolute Gasteiger partial charge is 0.117 e. The molecule has 0 aliphatic rings. The number of benzene rings is 1. The largest absolute Gasteiger partial charge is 0.376 e. The molecule has 0 amide bonds. The van der Waals surface area contributed by atoms with Gasteiger partial charge in [0.1, 0.15) is 13.5 Å². The lowest BCUT2D eigenvalue weighted by Crippen LogP contribution is -2.26. The molecule has 1 aromatic carbocycles. The van der Waals surface area contributed by atoms with Crippen molar-refractivity contribution in [3.05, 3.63) is 29.3 Å². The first kappa shape index (κ1) is 11.0. The second-order valence-electron chi connectivity index (χ2n) is 3.31. The minimum atomic E-state index is -0.160. The molecule has 0 heterocycles. The Kier molecular flexibility index (Phi) is 3.92. The third-order valence-electron chi connectivity index (χ3n) is 2.30. The van der Waals surface area contributed by atoms with Gasteiger partial charge in [-0.15, -0.1) is 0 Å². The monoisotopic (exact) mass is 195 g/mol. The van der Waals surface area contributed by atoms with E-state index in [-0.39, 0.29) is 13.5 Å². The highest BCUT2D eigenvalue weighted by molar-refractivity contribution is 5.54. The van der Waals surface area contributed by atoms with E-state index in [1.54, 1.807) is 0 Å². The van der Waals surface area contributed by atoms with Crippen molar-refractivity contribution in [2.45, 2.75) is 20.3 Å². The molecule has 0 aliphatic carbocycles. The van der Waals surface area contributed by atoms with E-state index in [9.17, 15) is 0 Å². The average Bonchev–Trinajstić information content (AvgIpc) is 2.21. The van der Waals surface area contributed by atoms with Gasteiger partial charge in [0.05, 0.1) is 0 Å². The molecule has 3 heteroatoms. The van der Waals surface area contributed by atoms with E-state index in [2.05, 4.69) is 13.0 Å². The maximum Gasteiger partial charge on any atom is 0.117 e. The van der Waals surface area contributed by atoms with Crippen LogP contribution in [0.3, 0.4) is 0 Å². The van der Waals surface area contributed by atoms with Crippen LogP contribution >= 0.6 is 0 Å². The zero-order valence-electron chi connectivity index (χ0n) is 8.70. The van der Waals surface area contributed by atoms with Gasteiger partial charge in [-0.2, -0.15) is 0 Å². The Morgan fingerprint density at radius 1 is 1.21 bits per heavy atom. The molecule has 0 spiro atoms. The summed E-state index contributed by atoms with van der Waals surface area (Å²) in [7, 11) is 0. The second-order valence-corrected chi connectivity index (χ2v) is 3.31. The molecule has 0 atom stereocenters. The molecule has 0 radical (unpaired) electrons. The topological polar surface area (TPSA) is 43.7 Å². The summed E-state index contributed by atoms with van der Waals surface area (Å²) in [6.07, 6.45) is 0.896. The van der Waals surface area contributed by atoms with Crippen LogP contribution in [0.1, 0.15) is 18.1 Å². The van der Waals surface area contributed by atoms with Crippen molar-refractivity contribution in [2.24, 2.45) is 0 Å². The minimum absolute atomic E-state index is 0.160. The predicted molar refractivity (Wildman–Crippen MR) is 57.2 cm³/mol. The lowest BCUT2D eigenvalue weighted by Gasteiger charge is -2.22. The molecule has 2 N–H and O–H groups in total. The maximum absolute atomic E-state index is 9.03. The summed E-state index contributed by atoms with van der Waals surface area (Å²) in [5, 5.41) is 18.1. The molecule has 0 unspecified atom stereocenters. The van der Waals surface area contributed by atoms with E-state index in [1.807, 2.05) is 19.1 Å². The lowest BCUT2D eigenvalue weighted by molar-refractivity contribution is 0.223. The van der Waals surface area contributed by atoms with E-state index in [0.29, 0.717) is 0 Å². The number of rotatable bonds is 4. The lowest BCUT2D eigenvalue weighted by atomic mass is 10.1. The molecular formula is C11H17NO2. The van der Waals surface area contributed by atoms with Gasteiger partial charge in [0.15, 0.2) is 0 Å². The number of aliphatic hydroxyl groups excluding tert-OH is 2. The number of aryl methyl sites for hydroxylation is 2. The molecule has 0 saturated heterocycles. The normalized spacial score (nSPS) is 10.3. The molecule has 0 aliphatic heterocycles. The van der Waals surface area contributed by atoms with Crippen LogP contribution in [0.15, 0.2) is 18.2 Å². The summed E-state index contributed by atoms with van der Waals surface area (Å²) in [4.78, 5) is 1.53. The van der Waals surface area contributed by atoms with Gasteiger partial charge in [0, 0.05) is 5.69 Å². The molecular weight excluding hydrogens is 178 g/mol. The Morgan fingerprint density at radius 3 is 2.36 bits per heavy atom. The first-order valence-corrected chi connectivity index (χ1v) is 4.79. The van der Waals surface area contributed by atoms with Crippen LogP contribution in [0.4, 0.5) is 5.69 Å². The highest BCUT2D eigenvalue weighted by Gasteiger charge is 2.07. The zero-order valence-corrected chi connectivity index (χ0v) is 8.70. The summed E-state index contributed by atoms with van der Waals surface area (Å²) >= 11 is 0. The second kappa shape index (κ2) is 4.98. The number of hydrogen-bond acceptors (Lipinski definition) is 3. The van der Waals surface area contributed by atoms with Gasteiger partial charge in [0.2, 0.25) is 0 Å². The minimum Gasteiger partial charge on any atom is -0.376 e. The first-order valence-electron chi connectivity index (χ1n) is 4.79. The van der Waals surface area contributed by atoms with Crippen LogP contribution < -0.4 is 4.90 Å². The molecule has 14 heavy (non-hydrogen) atoms. The van der Waals surface area contributed by atoms with Crippen molar-refractivity contribution in [3.63, 3.8) is 0 Å². The molecule has 0 aromatic heterocycles. The SMILES string of the molecule is CCc1cc(C)ccc1N(CO)CO. The van der Waals surface area contributed by atoms with Crippen LogP contribution in [-0.4, -0.2) is 23.7 Å². The Balaban J connectivity index is 3.06. The first-order chi connectivity index (χ1) is 6.72. The van der Waals surface area contributed by atoms with E-state index >= 15 is 0 Å². The van der Waals surface area contributed by atoms with E-state index < -0.39 is 0 Å². The highest BCUT2D eigenvalue weighted by Crippen LogP contribution is 2.21. The van der Waals surface area contributed by atoms with Gasteiger partial charge in [0.25, 0.3) is 0 Å². The van der Waals surface area contributed by atoms with E-state index in [4.69, 9.17) is 10.2 Å². The fourth-order valence-electron chi connectivity index (χ4n) is 1.50. The van der Waals surface area contributed by atoms with Gasteiger partial charge in [-0.05, 0) is 25.0 Å². The molecule has 3 nitrogen and oxygen atoms in total. The summed E-state index contributed by atoms with van der Waals surface area (Å²) in [6, 6.07) is 5.99. The fraction of sp³-hybridized carbons (Fsp3) is 0.455. The molecule has 1 aromatic rings. The van der Waals surface area contributed by atoms with E-state index in [1.165, 1.54) is 10.5 Å². The van der Waals surface area contributed by atoms with Crippen molar-refractivity contribution >= 4 is 5.69 Å². The Bertz CT molecular complexity index is 295. The number of hydrogen-bond donors (Lipinski definition) is 2. The molecule has 78 valence electrons. The van der Waals surface area contributed by atoms with Crippen LogP contribution in [-0.2, 0) is 6.42 Å².